The van der Waals surface area contributed by atoms with Gasteiger partial charge in [0.25, 0.3) is 5.91 Å². The molecule has 7 heteroatoms. The second-order valence-electron chi connectivity index (χ2n) is 4.17. The molecule has 0 bridgehead atoms. The van der Waals surface area contributed by atoms with Gasteiger partial charge in [0, 0.05) is 23.0 Å². The second-order valence-corrected chi connectivity index (χ2v) is 6.36. The van der Waals surface area contributed by atoms with Crippen molar-refractivity contribution in [1.82, 2.24) is 9.71 Å². The molecule has 1 aromatic heterocycles. The summed E-state index contributed by atoms with van der Waals surface area (Å²) in [4.78, 5) is 15.7. The number of nitrogens with zero attached hydrogens (tertiary/aromatic N) is 1. The standard InChI is InChI=1S/C13H11ClN2O3S/c1-20(18,19)16-13(17)11-6-10(7-15-8-11)9-2-4-12(14)5-3-9/h2-8H,1H3,(H,16,17). The van der Waals surface area contributed by atoms with Gasteiger partial charge in [-0.3, -0.25) is 9.78 Å². The van der Waals surface area contributed by atoms with Crippen LogP contribution < -0.4 is 4.72 Å². The molecule has 0 radical (unpaired) electrons. The summed E-state index contributed by atoms with van der Waals surface area (Å²) >= 11 is 5.81. The molecule has 0 unspecified atom stereocenters. The Balaban J connectivity index is 2.33. The van der Waals surface area contributed by atoms with Crippen molar-refractivity contribution in [2.24, 2.45) is 0 Å². The van der Waals surface area contributed by atoms with Gasteiger partial charge in [0.1, 0.15) is 0 Å². The van der Waals surface area contributed by atoms with Crippen molar-refractivity contribution in [3.8, 4) is 11.1 Å². The first-order valence-corrected chi connectivity index (χ1v) is 7.85. The van der Waals surface area contributed by atoms with Crippen LogP contribution in [0.25, 0.3) is 11.1 Å². The minimum atomic E-state index is -3.60. The third kappa shape index (κ3) is 3.79. The highest BCUT2D eigenvalue weighted by Crippen LogP contribution is 2.21. The number of hydrogen-bond donors (Lipinski definition) is 1. The number of pyridine rings is 1. The predicted octanol–water partition coefficient (Wildman–Crippen LogP) is 2.09. The maximum absolute atomic E-state index is 11.7. The third-order valence-corrected chi connectivity index (χ3v) is 3.26. The van der Waals surface area contributed by atoms with Crippen LogP contribution in [0.4, 0.5) is 0 Å². The molecule has 104 valence electrons. The summed E-state index contributed by atoms with van der Waals surface area (Å²) in [7, 11) is -3.60. The number of nitrogens with one attached hydrogen (secondary N) is 1. The summed E-state index contributed by atoms with van der Waals surface area (Å²) in [6.45, 7) is 0. The van der Waals surface area contributed by atoms with E-state index in [1.165, 1.54) is 6.20 Å². The van der Waals surface area contributed by atoms with E-state index in [-0.39, 0.29) is 5.56 Å². The molecule has 0 atom stereocenters. The van der Waals surface area contributed by atoms with Crippen molar-refractivity contribution in [3.63, 3.8) is 0 Å². The average Bonchev–Trinajstić information content (AvgIpc) is 2.38. The SMILES string of the molecule is CS(=O)(=O)NC(=O)c1cncc(-c2ccc(Cl)cc2)c1. The number of carbonyl (C=O) groups excluding carboxylic acids is 1. The minimum Gasteiger partial charge on any atom is -0.268 e. The number of rotatable bonds is 3. The van der Waals surface area contributed by atoms with E-state index in [1.54, 1.807) is 36.5 Å². The highest BCUT2D eigenvalue weighted by Gasteiger charge is 2.12. The third-order valence-electron chi connectivity index (χ3n) is 2.46. The normalized spacial score (nSPS) is 11.1. The number of benzene rings is 1. The van der Waals surface area contributed by atoms with Crippen molar-refractivity contribution in [1.29, 1.82) is 0 Å². The van der Waals surface area contributed by atoms with Gasteiger partial charge < -0.3 is 0 Å². The lowest BCUT2D eigenvalue weighted by Crippen LogP contribution is -2.29. The van der Waals surface area contributed by atoms with E-state index in [0.717, 1.165) is 11.8 Å². The fraction of sp³-hybridized carbons (Fsp3) is 0.0769. The smallest absolute Gasteiger partial charge is 0.266 e. The Morgan fingerprint density at radius 2 is 1.80 bits per heavy atom. The molecule has 1 heterocycles. The number of amides is 1. The van der Waals surface area contributed by atoms with Crippen LogP contribution in [0.15, 0.2) is 42.7 Å². The molecule has 0 aliphatic heterocycles. The van der Waals surface area contributed by atoms with Crippen LogP contribution in [0.1, 0.15) is 10.4 Å². The molecule has 2 rings (SSSR count). The fourth-order valence-electron chi connectivity index (χ4n) is 1.59. The second kappa shape index (κ2) is 5.60. The monoisotopic (exact) mass is 310 g/mol. The van der Waals surface area contributed by atoms with Gasteiger partial charge in [0.05, 0.1) is 11.8 Å². The van der Waals surface area contributed by atoms with Crippen molar-refractivity contribution >= 4 is 27.5 Å². The molecular formula is C13H11ClN2O3S. The van der Waals surface area contributed by atoms with Gasteiger partial charge in [-0.2, -0.15) is 0 Å². The van der Waals surface area contributed by atoms with Crippen LogP contribution in [0.3, 0.4) is 0 Å². The van der Waals surface area contributed by atoms with E-state index in [9.17, 15) is 13.2 Å². The summed E-state index contributed by atoms with van der Waals surface area (Å²) in [6, 6.07) is 8.59. The fourth-order valence-corrected chi connectivity index (χ4v) is 2.17. The molecule has 1 N–H and O–H groups in total. The first-order valence-electron chi connectivity index (χ1n) is 5.58. The average molecular weight is 311 g/mol. The lowest BCUT2D eigenvalue weighted by molar-refractivity contribution is 0.0981. The zero-order chi connectivity index (χ0) is 14.8. The largest absolute Gasteiger partial charge is 0.268 e. The summed E-state index contributed by atoms with van der Waals surface area (Å²) in [5.41, 5.74) is 1.70. The first-order chi connectivity index (χ1) is 9.35. The van der Waals surface area contributed by atoms with Crippen molar-refractivity contribution in [2.45, 2.75) is 0 Å². The Kier molecular flexibility index (Phi) is 4.06. The van der Waals surface area contributed by atoms with Gasteiger partial charge in [-0.1, -0.05) is 23.7 Å². The van der Waals surface area contributed by atoms with Gasteiger partial charge in [0.15, 0.2) is 0 Å². The molecule has 0 saturated carbocycles. The molecule has 1 aromatic carbocycles. The zero-order valence-corrected chi connectivity index (χ0v) is 12.1. The Bertz CT molecular complexity index is 742. The molecule has 0 fully saturated rings. The zero-order valence-electron chi connectivity index (χ0n) is 10.5. The highest BCUT2D eigenvalue weighted by atomic mass is 35.5. The number of carbonyl (C=O) groups is 1. The van der Waals surface area contributed by atoms with E-state index in [0.29, 0.717) is 10.6 Å². The Hall–Kier alpha value is -1.92. The highest BCUT2D eigenvalue weighted by molar-refractivity contribution is 7.89. The molecule has 1 amide bonds. The molecule has 0 spiro atoms. The minimum absolute atomic E-state index is 0.169. The van der Waals surface area contributed by atoms with E-state index in [1.807, 2.05) is 4.72 Å². The molecule has 0 aliphatic carbocycles. The van der Waals surface area contributed by atoms with E-state index in [4.69, 9.17) is 11.6 Å². The van der Waals surface area contributed by atoms with Crippen LogP contribution in [0, 0.1) is 0 Å². The molecular weight excluding hydrogens is 300 g/mol. The van der Waals surface area contributed by atoms with Crippen LogP contribution in [-0.4, -0.2) is 25.6 Å². The summed E-state index contributed by atoms with van der Waals surface area (Å²) < 4.78 is 24.0. The molecule has 20 heavy (non-hydrogen) atoms. The molecule has 2 aromatic rings. The molecule has 0 saturated heterocycles. The predicted molar refractivity (Wildman–Crippen MR) is 77.0 cm³/mol. The van der Waals surface area contributed by atoms with Gasteiger partial charge in [-0.15, -0.1) is 0 Å². The van der Waals surface area contributed by atoms with Gasteiger partial charge in [-0.05, 0) is 23.8 Å². The van der Waals surface area contributed by atoms with E-state index >= 15 is 0 Å². The number of hydrogen-bond acceptors (Lipinski definition) is 4. The lowest BCUT2D eigenvalue weighted by atomic mass is 10.1. The van der Waals surface area contributed by atoms with Crippen molar-refractivity contribution < 1.29 is 13.2 Å². The Morgan fingerprint density at radius 1 is 1.15 bits per heavy atom. The van der Waals surface area contributed by atoms with Crippen LogP contribution in [-0.2, 0) is 10.0 Å². The summed E-state index contributed by atoms with van der Waals surface area (Å²) in [5.74, 6) is -0.712. The quantitative estimate of drug-likeness (QED) is 0.942. The van der Waals surface area contributed by atoms with Gasteiger partial charge in [-0.25, -0.2) is 13.1 Å². The van der Waals surface area contributed by atoms with E-state index in [2.05, 4.69) is 4.98 Å². The first kappa shape index (κ1) is 14.5. The number of halogens is 1. The van der Waals surface area contributed by atoms with Crippen molar-refractivity contribution in [2.75, 3.05) is 6.26 Å². The Labute approximate surface area is 121 Å². The molecule has 5 nitrogen and oxygen atoms in total. The lowest BCUT2D eigenvalue weighted by Gasteiger charge is -2.05. The molecule has 0 aliphatic rings. The van der Waals surface area contributed by atoms with Crippen LogP contribution in [0.2, 0.25) is 5.02 Å². The number of sulfonamides is 1. The van der Waals surface area contributed by atoms with Gasteiger partial charge >= 0.3 is 0 Å². The van der Waals surface area contributed by atoms with Gasteiger partial charge in [0.2, 0.25) is 10.0 Å². The summed E-state index contributed by atoms with van der Waals surface area (Å²) in [5, 5.41) is 0.604. The Morgan fingerprint density at radius 3 is 2.40 bits per heavy atom. The maximum Gasteiger partial charge on any atom is 0.266 e. The topological polar surface area (TPSA) is 76.1 Å². The van der Waals surface area contributed by atoms with Crippen LogP contribution >= 0.6 is 11.6 Å². The number of aromatic nitrogens is 1. The van der Waals surface area contributed by atoms with Crippen molar-refractivity contribution in [3.05, 3.63) is 53.3 Å². The van der Waals surface area contributed by atoms with E-state index < -0.39 is 15.9 Å². The maximum atomic E-state index is 11.7. The summed E-state index contributed by atoms with van der Waals surface area (Å²) in [6.07, 6.45) is 3.81. The van der Waals surface area contributed by atoms with Crippen LogP contribution in [0.5, 0.6) is 0 Å².